The van der Waals surface area contributed by atoms with E-state index in [-0.39, 0.29) is 31.5 Å². The first kappa shape index (κ1) is 12.9. The van der Waals surface area contributed by atoms with Crippen molar-refractivity contribution in [3.05, 3.63) is 0 Å². The third-order valence-electron chi connectivity index (χ3n) is 1.82. The summed E-state index contributed by atoms with van der Waals surface area (Å²) in [6.07, 6.45) is -0.144. The molecule has 0 saturated heterocycles. The molecule has 4 N–H and O–H groups in total. The molecule has 6 nitrogen and oxygen atoms in total. The Balaban J connectivity index is 3.99. The molecule has 0 aliphatic heterocycles. The van der Waals surface area contributed by atoms with Crippen molar-refractivity contribution in [2.45, 2.75) is 12.5 Å². The predicted octanol–water partition coefficient (Wildman–Crippen LogP) is -1.71. The van der Waals surface area contributed by atoms with Gasteiger partial charge in [-0.05, 0) is 0 Å². The summed E-state index contributed by atoms with van der Waals surface area (Å²) in [6.45, 7) is 0.187. The van der Waals surface area contributed by atoms with E-state index in [4.69, 9.17) is 16.2 Å². The molecule has 0 spiro atoms. The SMILES string of the molecule is COC(CN)CC(=O)N(C)CC(N)=O. The number of methoxy groups -OCH3 is 1. The lowest BCUT2D eigenvalue weighted by atomic mass is 10.2. The van der Waals surface area contributed by atoms with E-state index in [9.17, 15) is 9.59 Å². The Bertz CT molecular complexity index is 204. The van der Waals surface area contributed by atoms with Crippen LogP contribution in [-0.2, 0) is 14.3 Å². The van der Waals surface area contributed by atoms with Crippen LogP contribution in [0.25, 0.3) is 0 Å². The van der Waals surface area contributed by atoms with Crippen molar-refractivity contribution >= 4 is 11.8 Å². The first-order chi connectivity index (χ1) is 6.51. The second kappa shape index (κ2) is 6.33. The zero-order valence-electron chi connectivity index (χ0n) is 8.53. The van der Waals surface area contributed by atoms with E-state index < -0.39 is 5.91 Å². The van der Waals surface area contributed by atoms with Crippen molar-refractivity contribution in [2.24, 2.45) is 11.5 Å². The summed E-state index contributed by atoms with van der Waals surface area (Å²) in [4.78, 5) is 23.2. The van der Waals surface area contributed by atoms with Crippen LogP contribution in [0, 0.1) is 0 Å². The highest BCUT2D eigenvalue weighted by Crippen LogP contribution is 1.98. The molecule has 0 aliphatic rings. The highest BCUT2D eigenvalue weighted by atomic mass is 16.5. The molecule has 0 radical (unpaired) electrons. The minimum atomic E-state index is -0.539. The fourth-order valence-electron chi connectivity index (χ4n) is 0.935. The number of amides is 2. The standard InChI is InChI=1S/C8H17N3O3/c1-11(5-7(10)12)8(13)3-6(4-9)14-2/h6H,3-5,9H2,1-2H3,(H2,10,12). The minimum absolute atomic E-state index is 0.0835. The second-order valence-corrected chi connectivity index (χ2v) is 3.01. The first-order valence-corrected chi connectivity index (χ1v) is 4.26. The van der Waals surface area contributed by atoms with Gasteiger partial charge in [0.25, 0.3) is 0 Å². The number of ether oxygens (including phenoxy) is 1. The smallest absolute Gasteiger partial charge is 0.237 e. The van der Waals surface area contributed by atoms with Gasteiger partial charge in [-0.25, -0.2) is 0 Å². The van der Waals surface area contributed by atoms with E-state index in [0.717, 1.165) is 0 Å². The number of hydrogen-bond acceptors (Lipinski definition) is 4. The number of rotatable bonds is 6. The molecule has 0 aromatic carbocycles. The van der Waals surface area contributed by atoms with Gasteiger partial charge in [-0.1, -0.05) is 0 Å². The lowest BCUT2D eigenvalue weighted by Crippen LogP contribution is -2.38. The van der Waals surface area contributed by atoms with Gasteiger partial charge in [0.05, 0.1) is 19.1 Å². The third-order valence-corrected chi connectivity index (χ3v) is 1.82. The Kier molecular flexibility index (Phi) is 5.82. The molecule has 2 amide bonds. The summed E-state index contributed by atoms with van der Waals surface area (Å²) < 4.78 is 4.94. The molecule has 0 aromatic rings. The van der Waals surface area contributed by atoms with Gasteiger partial charge in [-0.3, -0.25) is 9.59 Å². The Morgan fingerprint density at radius 3 is 2.43 bits per heavy atom. The fourth-order valence-corrected chi connectivity index (χ4v) is 0.935. The number of nitrogens with two attached hydrogens (primary N) is 2. The lowest BCUT2D eigenvalue weighted by molar-refractivity contribution is -0.135. The van der Waals surface area contributed by atoms with Crippen molar-refractivity contribution in [3.8, 4) is 0 Å². The van der Waals surface area contributed by atoms with Gasteiger partial charge < -0.3 is 21.1 Å². The summed E-state index contributed by atoms with van der Waals surface area (Å²) in [6, 6.07) is 0. The molecule has 1 atom stereocenters. The summed E-state index contributed by atoms with van der Waals surface area (Å²) in [5.41, 5.74) is 10.3. The third kappa shape index (κ3) is 4.78. The Morgan fingerprint density at radius 1 is 1.50 bits per heavy atom. The van der Waals surface area contributed by atoms with Gasteiger partial charge in [-0.2, -0.15) is 0 Å². The number of likely N-dealkylation sites (N-methyl/N-ethyl adjacent to an activating group) is 1. The van der Waals surface area contributed by atoms with Crippen LogP contribution in [0.5, 0.6) is 0 Å². The van der Waals surface area contributed by atoms with E-state index >= 15 is 0 Å². The zero-order valence-corrected chi connectivity index (χ0v) is 8.53. The van der Waals surface area contributed by atoms with Crippen molar-refractivity contribution in [1.29, 1.82) is 0 Å². The largest absolute Gasteiger partial charge is 0.380 e. The van der Waals surface area contributed by atoms with Crippen LogP contribution in [0.3, 0.4) is 0 Å². The fraction of sp³-hybridized carbons (Fsp3) is 0.750. The van der Waals surface area contributed by atoms with E-state index in [1.165, 1.54) is 19.1 Å². The summed E-state index contributed by atoms with van der Waals surface area (Å²) in [7, 11) is 3.00. The molecular formula is C8H17N3O3. The highest BCUT2D eigenvalue weighted by molar-refractivity contribution is 5.83. The van der Waals surface area contributed by atoms with E-state index in [2.05, 4.69) is 0 Å². The summed E-state index contributed by atoms with van der Waals surface area (Å²) >= 11 is 0. The second-order valence-electron chi connectivity index (χ2n) is 3.01. The number of nitrogens with zero attached hydrogens (tertiary/aromatic N) is 1. The van der Waals surface area contributed by atoms with Crippen molar-refractivity contribution in [2.75, 3.05) is 27.2 Å². The maximum absolute atomic E-state index is 11.4. The van der Waals surface area contributed by atoms with Crippen LogP contribution in [0.2, 0.25) is 0 Å². The van der Waals surface area contributed by atoms with Gasteiger partial charge >= 0.3 is 0 Å². The Hall–Kier alpha value is -1.14. The lowest BCUT2D eigenvalue weighted by Gasteiger charge is -2.18. The molecule has 0 heterocycles. The molecule has 82 valence electrons. The monoisotopic (exact) mass is 203 g/mol. The Labute approximate surface area is 83.2 Å². The molecule has 0 aromatic heterocycles. The van der Waals surface area contributed by atoms with Gasteiger partial charge in [0.1, 0.15) is 0 Å². The molecule has 14 heavy (non-hydrogen) atoms. The zero-order chi connectivity index (χ0) is 11.1. The molecule has 0 rings (SSSR count). The normalized spacial score (nSPS) is 12.2. The number of hydrogen-bond donors (Lipinski definition) is 2. The van der Waals surface area contributed by atoms with Crippen LogP contribution in [0.1, 0.15) is 6.42 Å². The van der Waals surface area contributed by atoms with E-state index in [1.54, 1.807) is 0 Å². The molecule has 0 fully saturated rings. The average Bonchev–Trinajstić information content (AvgIpc) is 2.12. The number of primary amides is 1. The van der Waals surface area contributed by atoms with Crippen LogP contribution in [0.15, 0.2) is 0 Å². The molecule has 1 unspecified atom stereocenters. The van der Waals surface area contributed by atoms with Crippen LogP contribution >= 0.6 is 0 Å². The van der Waals surface area contributed by atoms with E-state index in [0.29, 0.717) is 0 Å². The van der Waals surface area contributed by atoms with Crippen LogP contribution in [0.4, 0.5) is 0 Å². The Morgan fingerprint density at radius 2 is 2.07 bits per heavy atom. The average molecular weight is 203 g/mol. The topological polar surface area (TPSA) is 98.7 Å². The quantitative estimate of drug-likeness (QED) is 0.537. The molecule has 0 saturated carbocycles. The van der Waals surface area contributed by atoms with Crippen LogP contribution in [-0.4, -0.2) is 50.1 Å². The molecule has 0 bridgehead atoms. The number of carbonyl (C=O) groups is 2. The highest BCUT2D eigenvalue weighted by Gasteiger charge is 2.16. The predicted molar refractivity (Wildman–Crippen MR) is 51.3 cm³/mol. The van der Waals surface area contributed by atoms with Crippen molar-refractivity contribution in [3.63, 3.8) is 0 Å². The molecule has 6 heteroatoms. The van der Waals surface area contributed by atoms with Crippen LogP contribution < -0.4 is 11.5 Å². The molecular weight excluding hydrogens is 186 g/mol. The van der Waals surface area contributed by atoms with Gasteiger partial charge in [0, 0.05) is 20.7 Å². The minimum Gasteiger partial charge on any atom is -0.380 e. The van der Waals surface area contributed by atoms with Gasteiger partial charge in [0.15, 0.2) is 0 Å². The number of carbonyl (C=O) groups excluding carboxylic acids is 2. The van der Waals surface area contributed by atoms with Crippen molar-refractivity contribution < 1.29 is 14.3 Å². The van der Waals surface area contributed by atoms with Crippen molar-refractivity contribution in [1.82, 2.24) is 4.90 Å². The van der Waals surface area contributed by atoms with E-state index in [1.807, 2.05) is 0 Å². The summed E-state index contributed by atoms with van der Waals surface area (Å²) in [5, 5.41) is 0. The van der Waals surface area contributed by atoms with Gasteiger partial charge in [-0.15, -0.1) is 0 Å². The van der Waals surface area contributed by atoms with Gasteiger partial charge in [0.2, 0.25) is 11.8 Å². The molecule has 0 aliphatic carbocycles. The maximum Gasteiger partial charge on any atom is 0.237 e. The first-order valence-electron chi connectivity index (χ1n) is 4.26. The summed E-state index contributed by atoms with van der Waals surface area (Å²) in [5.74, 6) is -0.747. The maximum atomic E-state index is 11.4.